The SMILES string of the molecule is CCN(CC)CCN(C(=O)C1CCN(S(=O)(=O)c2cccs2)CC1)c1nc2c(SC)cccc2s1.Cl. The summed E-state index contributed by atoms with van der Waals surface area (Å²) >= 11 is 4.45. The Hall–Kier alpha value is -1.21. The summed E-state index contributed by atoms with van der Waals surface area (Å²) in [4.78, 5) is 24.0. The van der Waals surface area contributed by atoms with Crippen molar-refractivity contribution in [2.75, 3.05) is 50.4 Å². The van der Waals surface area contributed by atoms with Crippen LogP contribution in [0.25, 0.3) is 10.2 Å². The fourth-order valence-electron chi connectivity index (χ4n) is 4.37. The Morgan fingerprint density at radius 2 is 1.86 bits per heavy atom. The molecule has 36 heavy (non-hydrogen) atoms. The number of nitrogens with zero attached hydrogens (tertiary/aromatic N) is 4. The van der Waals surface area contributed by atoms with Gasteiger partial charge in [0.15, 0.2) is 5.13 Å². The highest BCUT2D eigenvalue weighted by molar-refractivity contribution is 7.98. The number of hydrogen-bond donors (Lipinski definition) is 0. The fourth-order valence-corrected chi connectivity index (χ4v) is 8.64. The van der Waals surface area contributed by atoms with Gasteiger partial charge in [0.05, 0.1) is 10.2 Å². The van der Waals surface area contributed by atoms with Gasteiger partial charge in [-0.05, 0) is 55.8 Å². The molecular weight excluding hydrogens is 556 g/mol. The second-order valence-electron chi connectivity index (χ2n) is 8.43. The van der Waals surface area contributed by atoms with Crippen molar-refractivity contribution in [1.82, 2.24) is 14.2 Å². The van der Waals surface area contributed by atoms with Gasteiger partial charge in [-0.1, -0.05) is 37.3 Å². The van der Waals surface area contributed by atoms with E-state index in [2.05, 4.69) is 30.9 Å². The minimum atomic E-state index is -3.49. The molecule has 0 spiro atoms. The number of thiazole rings is 1. The topological polar surface area (TPSA) is 73.8 Å². The Kier molecular flexibility index (Phi) is 10.6. The van der Waals surface area contributed by atoms with Crippen molar-refractivity contribution in [3.8, 4) is 0 Å². The zero-order valence-corrected chi connectivity index (χ0v) is 24.8. The summed E-state index contributed by atoms with van der Waals surface area (Å²) in [6, 6.07) is 9.53. The van der Waals surface area contributed by atoms with Crippen molar-refractivity contribution in [2.24, 2.45) is 5.92 Å². The molecule has 198 valence electrons. The number of likely N-dealkylation sites (N-methyl/N-ethyl adjacent to an activating group) is 1. The average Bonchev–Trinajstić information content (AvgIpc) is 3.57. The predicted molar refractivity (Wildman–Crippen MR) is 155 cm³/mol. The molecule has 0 N–H and O–H groups in total. The van der Waals surface area contributed by atoms with Gasteiger partial charge >= 0.3 is 0 Å². The molecule has 0 atom stereocenters. The van der Waals surface area contributed by atoms with E-state index >= 15 is 0 Å². The molecule has 1 saturated heterocycles. The third-order valence-corrected chi connectivity index (χ3v) is 11.6. The molecule has 3 aromatic rings. The maximum absolute atomic E-state index is 13.8. The number of benzene rings is 1. The number of para-hydroxylation sites is 1. The fraction of sp³-hybridized carbons (Fsp3) is 0.500. The van der Waals surface area contributed by atoms with Crippen molar-refractivity contribution < 1.29 is 13.2 Å². The van der Waals surface area contributed by atoms with Gasteiger partial charge in [0.1, 0.15) is 4.21 Å². The maximum Gasteiger partial charge on any atom is 0.252 e. The summed E-state index contributed by atoms with van der Waals surface area (Å²) in [7, 11) is -3.49. The van der Waals surface area contributed by atoms with Crippen LogP contribution in [-0.2, 0) is 14.8 Å². The lowest BCUT2D eigenvalue weighted by Gasteiger charge is -2.33. The van der Waals surface area contributed by atoms with Crippen LogP contribution in [0.1, 0.15) is 26.7 Å². The highest BCUT2D eigenvalue weighted by Crippen LogP contribution is 2.35. The highest BCUT2D eigenvalue weighted by atomic mass is 35.5. The van der Waals surface area contributed by atoms with E-state index in [0.717, 1.165) is 39.9 Å². The van der Waals surface area contributed by atoms with Gasteiger partial charge in [0, 0.05) is 37.0 Å². The van der Waals surface area contributed by atoms with Crippen molar-refractivity contribution in [3.05, 3.63) is 35.7 Å². The lowest BCUT2D eigenvalue weighted by Crippen LogP contribution is -2.46. The number of amides is 1. The first-order valence-corrected chi connectivity index (χ1v) is 16.3. The molecule has 0 aliphatic carbocycles. The van der Waals surface area contributed by atoms with Crippen LogP contribution >= 0.6 is 46.8 Å². The minimum absolute atomic E-state index is 0. The van der Waals surface area contributed by atoms with Gasteiger partial charge in [0.25, 0.3) is 10.0 Å². The highest BCUT2D eigenvalue weighted by Gasteiger charge is 2.35. The number of hydrogen-bond acceptors (Lipinski definition) is 8. The molecule has 3 heterocycles. The molecule has 0 bridgehead atoms. The summed E-state index contributed by atoms with van der Waals surface area (Å²) in [5, 5.41) is 2.50. The smallest absolute Gasteiger partial charge is 0.252 e. The van der Waals surface area contributed by atoms with Gasteiger partial charge in [-0.3, -0.25) is 9.69 Å². The number of carbonyl (C=O) groups is 1. The van der Waals surface area contributed by atoms with E-state index < -0.39 is 10.0 Å². The van der Waals surface area contributed by atoms with Crippen LogP contribution < -0.4 is 4.90 Å². The molecule has 1 fully saturated rings. The largest absolute Gasteiger partial charge is 0.302 e. The van der Waals surface area contributed by atoms with Crippen LogP contribution in [0.4, 0.5) is 5.13 Å². The summed E-state index contributed by atoms with van der Waals surface area (Å²) in [5.74, 6) is -0.163. The van der Waals surface area contributed by atoms with Crippen LogP contribution in [0.15, 0.2) is 44.8 Å². The quantitative estimate of drug-likeness (QED) is 0.300. The monoisotopic (exact) mass is 588 g/mol. The molecule has 1 amide bonds. The van der Waals surface area contributed by atoms with Crippen molar-refractivity contribution in [3.63, 3.8) is 0 Å². The van der Waals surface area contributed by atoms with Crippen molar-refractivity contribution in [2.45, 2.75) is 35.8 Å². The zero-order valence-electron chi connectivity index (χ0n) is 20.8. The standard InChI is InChI=1S/C24H32N4O3S4.ClH/c1-4-26(5-2)15-16-28(24-25-22-19(32-3)8-6-9-20(22)34-24)23(29)18-11-13-27(14-12-18)35(30,31)21-10-7-17-33-21;/h6-10,17-18H,4-5,11-16H2,1-3H3;1H. The number of halogens is 1. The first-order valence-electron chi connectivity index (χ1n) is 11.9. The molecule has 1 aliphatic heterocycles. The summed E-state index contributed by atoms with van der Waals surface area (Å²) in [6.07, 6.45) is 3.08. The van der Waals surface area contributed by atoms with Crippen LogP contribution in [0.2, 0.25) is 0 Å². The third kappa shape index (κ3) is 6.25. The molecule has 12 heteroatoms. The van der Waals surface area contributed by atoms with Crippen LogP contribution in [-0.4, -0.2) is 74.0 Å². The number of anilines is 1. The summed E-state index contributed by atoms with van der Waals surface area (Å²) < 4.78 is 28.8. The third-order valence-electron chi connectivity index (χ3n) is 6.51. The predicted octanol–water partition coefficient (Wildman–Crippen LogP) is 5.28. The summed E-state index contributed by atoms with van der Waals surface area (Å²) in [5.41, 5.74) is 0.942. The zero-order chi connectivity index (χ0) is 25.0. The number of aromatic nitrogens is 1. The molecule has 0 radical (unpaired) electrons. The molecule has 0 unspecified atom stereocenters. The Labute approximate surface area is 232 Å². The van der Waals surface area contributed by atoms with E-state index in [1.54, 1.807) is 40.6 Å². The van der Waals surface area contributed by atoms with Crippen LogP contribution in [0.3, 0.4) is 0 Å². The van der Waals surface area contributed by atoms with E-state index in [1.165, 1.54) is 15.6 Å². The van der Waals surface area contributed by atoms with Gasteiger partial charge in [-0.15, -0.1) is 35.5 Å². The number of piperidine rings is 1. The first-order chi connectivity index (χ1) is 16.9. The van der Waals surface area contributed by atoms with E-state index in [0.29, 0.717) is 36.7 Å². The lowest BCUT2D eigenvalue weighted by atomic mass is 9.96. The van der Waals surface area contributed by atoms with Gasteiger partial charge in [-0.2, -0.15) is 4.31 Å². The molecule has 7 nitrogen and oxygen atoms in total. The van der Waals surface area contributed by atoms with E-state index in [-0.39, 0.29) is 24.2 Å². The number of rotatable bonds is 10. The van der Waals surface area contributed by atoms with Gasteiger partial charge in [0.2, 0.25) is 5.91 Å². The van der Waals surface area contributed by atoms with Crippen LogP contribution in [0, 0.1) is 5.92 Å². The summed E-state index contributed by atoms with van der Waals surface area (Å²) in [6.45, 7) is 8.16. The van der Waals surface area contributed by atoms with Gasteiger partial charge < -0.3 is 4.90 Å². The number of sulfonamides is 1. The van der Waals surface area contributed by atoms with E-state index in [4.69, 9.17) is 4.98 Å². The second-order valence-corrected chi connectivity index (χ2v) is 13.4. The second kappa shape index (κ2) is 13.0. The van der Waals surface area contributed by atoms with Crippen LogP contribution in [0.5, 0.6) is 0 Å². The normalized spacial score (nSPS) is 15.3. The van der Waals surface area contributed by atoms with Crippen molar-refractivity contribution in [1.29, 1.82) is 0 Å². The molecule has 4 rings (SSSR count). The van der Waals surface area contributed by atoms with Gasteiger partial charge in [-0.25, -0.2) is 13.4 Å². The Balaban J connectivity index is 0.00000361. The number of carbonyl (C=O) groups excluding carboxylic acids is 1. The number of thioether (sulfide) groups is 1. The first kappa shape index (κ1) is 29.3. The Bertz CT molecular complexity index is 1240. The Morgan fingerprint density at radius 1 is 1.14 bits per heavy atom. The molecular formula is C24H33ClN4O3S4. The van der Waals surface area contributed by atoms with Crippen molar-refractivity contribution >= 4 is 78.1 Å². The minimum Gasteiger partial charge on any atom is -0.302 e. The molecule has 1 aliphatic rings. The van der Waals surface area contributed by atoms with E-state index in [9.17, 15) is 13.2 Å². The molecule has 0 saturated carbocycles. The Morgan fingerprint density at radius 3 is 2.47 bits per heavy atom. The molecule has 1 aromatic carbocycles. The lowest BCUT2D eigenvalue weighted by molar-refractivity contribution is -0.123. The maximum atomic E-state index is 13.8. The number of fused-ring (bicyclic) bond motifs is 1. The number of thiophene rings is 1. The average molecular weight is 589 g/mol. The van der Waals surface area contributed by atoms with E-state index in [1.807, 2.05) is 17.2 Å². The molecule has 2 aromatic heterocycles.